The van der Waals surface area contributed by atoms with Gasteiger partial charge < -0.3 is 15.1 Å². The monoisotopic (exact) mass is 383 g/mol. The number of nitriles is 1. The van der Waals surface area contributed by atoms with Crippen LogP contribution in [0.2, 0.25) is 0 Å². The summed E-state index contributed by atoms with van der Waals surface area (Å²) in [4.78, 5) is 14.9. The van der Waals surface area contributed by atoms with E-state index in [9.17, 15) is 19.4 Å². The molecular formula is C21H22FN3O3. The number of hydrogen-bond donors (Lipinski definition) is 2. The zero-order valence-electron chi connectivity index (χ0n) is 15.5. The fourth-order valence-electron chi connectivity index (χ4n) is 3.77. The molecule has 146 valence electrons. The summed E-state index contributed by atoms with van der Waals surface area (Å²) in [6.45, 7) is 2.22. The van der Waals surface area contributed by atoms with Gasteiger partial charge in [0.05, 0.1) is 30.3 Å². The van der Waals surface area contributed by atoms with Gasteiger partial charge >= 0.3 is 6.09 Å². The first kappa shape index (κ1) is 19.8. The Morgan fingerprint density at radius 3 is 2.25 bits per heavy atom. The Kier molecular flexibility index (Phi) is 5.93. The fraction of sp³-hybridized carbons (Fsp3) is 0.333. The van der Waals surface area contributed by atoms with Crippen LogP contribution in [0.3, 0.4) is 0 Å². The van der Waals surface area contributed by atoms with E-state index in [4.69, 9.17) is 5.26 Å². The van der Waals surface area contributed by atoms with E-state index in [1.54, 1.807) is 24.3 Å². The smallest absolute Gasteiger partial charge is 0.407 e. The number of rotatable bonds is 4. The lowest BCUT2D eigenvalue weighted by atomic mass is 9.93. The highest BCUT2D eigenvalue weighted by molar-refractivity contribution is 5.65. The van der Waals surface area contributed by atoms with E-state index < -0.39 is 12.1 Å². The molecule has 1 aliphatic heterocycles. The van der Waals surface area contributed by atoms with Gasteiger partial charge in [-0.15, -0.1) is 0 Å². The molecule has 0 aromatic heterocycles. The lowest BCUT2D eigenvalue weighted by Gasteiger charge is -2.47. The summed E-state index contributed by atoms with van der Waals surface area (Å²) in [5.41, 5.74) is 2.25. The van der Waals surface area contributed by atoms with E-state index in [2.05, 4.69) is 11.0 Å². The number of halogens is 1. The summed E-state index contributed by atoms with van der Waals surface area (Å²) in [5, 5.41) is 28.4. The molecule has 1 aliphatic rings. The number of aliphatic hydroxyl groups excluding tert-OH is 1. The van der Waals surface area contributed by atoms with Gasteiger partial charge in [0.15, 0.2) is 0 Å². The van der Waals surface area contributed by atoms with E-state index in [0.717, 1.165) is 11.1 Å². The second-order valence-electron chi connectivity index (χ2n) is 7.01. The quantitative estimate of drug-likeness (QED) is 0.848. The van der Waals surface area contributed by atoms with E-state index >= 15 is 0 Å². The Hall–Kier alpha value is -2.95. The SMILES string of the molecule is C[C@H]1CN(C(c2ccc(F)cc2)c2ccc(C#N)cc2)[C@H](CO)CN1C(=O)O. The van der Waals surface area contributed by atoms with E-state index in [1.165, 1.54) is 17.0 Å². The Morgan fingerprint density at radius 2 is 1.75 bits per heavy atom. The van der Waals surface area contributed by atoms with Gasteiger partial charge in [0.25, 0.3) is 0 Å². The number of amides is 1. The van der Waals surface area contributed by atoms with Gasteiger partial charge in [-0.1, -0.05) is 24.3 Å². The van der Waals surface area contributed by atoms with Crippen LogP contribution in [0.25, 0.3) is 0 Å². The third kappa shape index (κ3) is 3.98. The van der Waals surface area contributed by atoms with Crippen molar-refractivity contribution in [2.75, 3.05) is 19.7 Å². The third-order valence-corrected chi connectivity index (χ3v) is 5.21. The predicted octanol–water partition coefficient (Wildman–Crippen LogP) is 2.83. The molecule has 3 rings (SSSR count). The van der Waals surface area contributed by atoms with Crippen LogP contribution >= 0.6 is 0 Å². The molecule has 0 saturated carbocycles. The Balaban J connectivity index is 2.03. The van der Waals surface area contributed by atoms with Crippen molar-refractivity contribution in [3.05, 3.63) is 71.0 Å². The molecular weight excluding hydrogens is 361 g/mol. The van der Waals surface area contributed by atoms with Crippen molar-refractivity contribution in [3.63, 3.8) is 0 Å². The number of carboxylic acid groups (broad SMARTS) is 1. The second kappa shape index (κ2) is 8.38. The first-order valence-corrected chi connectivity index (χ1v) is 9.06. The number of nitrogens with zero attached hydrogens (tertiary/aromatic N) is 3. The first-order valence-electron chi connectivity index (χ1n) is 9.06. The third-order valence-electron chi connectivity index (χ3n) is 5.21. The number of aliphatic hydroxyl groups is 1. The molecule has 2 aromatic carbocycles. The van der Waals surface area contributed by atoms with Crippen molar-refractivity contribution < 1.29 is 19.4 Å². The van der Waals surface area contributed by atoms with Crippen molar-refractivity contribution in [1.29, 1.82) is 5.26 Å². The van der Waals surface area contributed by atoms with Crippen molar-refractivity contribution >= 4 is 6.09 Å². The molecule has 7 heteroatoms. The normalized spacial score (nSPS) is 21.1. The average molecular weight is 383 g/mol. The summed E-state index contributed by atoms with van der Waals surface area (Å²) in [6.07, 6.45) is -1.01. The number of benzene rings is 2. The van der Waals surface area contributed by atoms with E-state index in [0.29, 0.717) is 12.1 Å². The standard InChI is InChI=1S/C21H22FN3O3/c1-14-11-25(19(13-26)12-24(14)21(27)28)20(17-6-8-18(22)9-7-17)16-4-2-15(10-23)3-5-16/h2-9,14,19-20,26H,11-13H2,1H3,(H,27,28)/t14-,19-,20?/m0/s1. The van der Waals surface area contributed by atoms with Gasteiger partial charge in [-0.2, -0.15) is 5.26 Å². The molecule has 0 spiro atoms. The highest BCUT2D eigenvalue weighted by Crippen LogP contribution is 2.33. The summed E-state index contributed by atoms with van der Waals surface area (Å²) < 4.78 is 13.5. The van der Waals surface area contributed by atoms with E-state index in [1.807, 2.05) is 19.1 Å². The van der Waals surface area contributed by atoms with Gasteiger partial charge in [-0.05, 0) is 42.3 Å². The van der Waals surface area contributed by atoms with Crippen LogP contribution in [0.15, 0.2) is 48.5 Å². The molecule has 0 radical (unpaired) electrons. The molecule has 1 unspecified atom stereocenters. The minimum absolute atomic E-state index is 0.182. The zero-order chi connectivity index (χ0) is 20.3. The van der Waals surface area contributed by atoms with Gasteiger partial charge in [0, 0.05) is 19.1 Å². The molecule has 28 heavy (non-hydrogen) atoms. The number of hydrogen-bond acceptors (Lipinski definition) is 4. The van der Waals surface area contributed by atoms with Crippen molar-refractivity contribution in [2.45, 2.75) is 25.0 Å². The van der Waals surface area contributed by atoms with Crippen molar-refractivity contribution in [1.82, 2.24) is 9.80 Å². The minimum Gasteiger partial charge on any atom is -0.465 e. The maximum Gasteiger partial charge on any atom is 0.407 e. The molecule has 1 amide bonds. The molecule has 2 N–H and O–H groups in total. The molecule has 6 nitrogen and oxygen atoms in total. The number of carbonyl (C=O) groups is 1. The molecule has 1 heterocycles. The van der Waals surface area contributed by atoms with Crippen molar-refractivity contribution in [2.24, 2.45) is 0 Å². The molecule has 1 saturated heterocycles. The summed E-state index contributed by atoms with van der Waals surface area (Å²) in [7, 11) is 0. The van der Waals surface area contributed by atoms with Crippen LogP contribution in [0.1, 0.15) is 29.7 Å². The van der Waals surface area contributed by atoms with E-state index in [-0.39, 0.29) is 31.1 Å². The lowest BCUT2D eigenvalue weighted by Crippen LogP contribution is -2.60. The second-order valence-corrected chi connectivity index (χ2v) is 7.01. The Morgan fingerprint density at radius 1 is 1.18 bits per heavy atom. The first-order chi connectivity index (χ1) is 13.4. The molecule has 1 fully saturated rings. The van der Waals surface area contributed by atoms with Gasteiger partial charge in [-0.3, -0.25) is 4.90 Å². The van der Waals surface area contributed by atoms with Gasteiger partial charge in [0.1, 0.15) is 5.82 Å². The molecule has 0 aliphatic carbocycles. The van der Waals surface area contributed by atoms with Crippen LogP contribution in [0.5, 0.6) is 0 Å². The topological polar surface area (TPSA) is 87.8 Å². The summed E-state index contributed by atoms with van der Waals surface area (Å²) >= 11 is 0. The van der Waals surface area contributed by atoms with Crippen LogP contribution in [-0.4, -0.2) is 57.9 Å². The molecule has 3 atom stereocenters. The highest BCUT2D eigenvalue weighted by Gasteiger charge is 2.38. The molecule has 0 bridgehead atoms. The predicted molar refractivity (Wildman–Crippen MR) is 101 cm³/mol. The summed E-state index contributed by atoms with van der Waals surface area (Å²) in [5.74, 6) is -0.342. The van der Waals surface area contributed by atoms with Crippen molar-refractivity contribution in [3.8, 4) is 6.07 Å². The van der Waals surface area contributed by atoms with Gasteiger partial charge in [-0.25, -0.2) is 9.18 Å². The fourth-order valence-corrected chi connectivity index (χ4v) is 3.77. The average Bonchev–Trinajstić information content (AvgIpc) is 2.70. The Labute approximate surface area is 163 Å². The van der Waals surface area contributed by atoms with Crippen LogP contribution in [-0.2, 0) is 0 Å². The Bertz CT molecular complexity index is 864. The van der Waals surface area contributed by atoms with Crippen LogP contribution in [0.4, 0.5) is 9.18 Å². The maximum absolute atomic E-state index is 13.5. The highest BCUT2D eigenvalue weighted by atomic mass is 19.1. The largest absolute Gasteiger partial charge is 0.465 e. The molecule has 2 aromatic rings. The van der Waals surface area contributed by atoms with Crippen LogP contribution in [0, 0.1) is 17.1 Å². The number of piperazine rings is 1. The summed E-state index contributed by atoms with van der Waals surface area (Å²) in [6, 6.07) is 14.4. The van der Waals surface area contributed by atoms with Crippen LogP contribution < -0.4 is 0 Å². The minimum atomic E-state index is -1.01. The maximum atomic E-state index is 13.5. The zero-order valence-corrected chi connectivity index (χ0v) is 15.5. The van der Waals surface area contributed by atoms with Gasteiger partial charge in [0.2, 0.25) is 0 Å². The lowest BCUT2D eigenvalue weighted by molar-refractivity contribution is -0.000482.